The summed E-state index contributed by atoms with van der Waals surface area (Å²) >= 11 is 0. The van der Waals surface area contributed by atoms with Crippen LogP contribution in [-0.2, 0) is 9.53 Å². The lowest BCUT2D eigenvalue weighted by molar-refractivity contribution is -0.124. The van der Waals surface area contributed by atoms with Gasteiger partial charge in [0.2, 0.25) is 5.91 Å². The van der Waals surface area contributed by atoms with Crippen LogP contribution in [0.1, 0.15) is 24.4 Å². The summed E-state index contributed by atoms with van der Waals surface area (Å²) < 4.78 is 18.4. The summed E-state index contributed by atoms with van der Waals surface area (Å²) in [5, 5.41) is 2.93. The molecule has 0 saturated carbocycles. The van der Waals surface area contributed by atoms with E-state index < -0.39 is 6.04 Å². The number of ether oxygens (including phenoxy) is 1. The number of carbonyl (C=O) groups excluding carboxylic acids is 1. The Bertz CT molecular complexity index is 501. The molecule has 1 heterocycles. The number of rotatable bonds is 6. The minimum Gasteiger partial charge on any atom is -0.381 e. The van der Waals surface area contributed by atoms with E-state index in [1.54, 1.807) is 12.1 Å². The average molecular weight is 323 g/mol. The summed E-state index contributed by atoms with van der Waals surface area (Å²) in [6.07, 6.45) is 1.65. The van der Waals surface area contributed by atoms with E-state index in [4.69, 9.17) is 10.5 Å². The van der Waals surface area contributed by atoms with E-state index in [1.165, 1.54) is 12.1 Å². The maximum absolute atomic E-state index is 13.1. The van der Waals surface area contributed by atoms with Gasteiger partial charge in [-0.15, -0.1) is 0 Å². The first-order chi connectivity index (χ1) is 11.0. The van der Waals surface area contributed by atoms with Gasteiger partial charge in [-0.25, -0.2) is 4.39 Å². The molecule has 0 aliphatic carbocycles. The minimum absolute atomic E-state index is 0.0264. The van der Waals surface area contributed by atoms with Gasteiger partial charge in [0.1, 0.15) is 5.82 Å². The zero-order valence-corrected chi connectivity index (χ0v) is 13.8. The van der Waals surface area contributed by atoms with E-state index in [1.807, 2.05) is 19.0 Å². The van der Waals surface area contributed by atoms with Crippen molar-refractivity contribution in [1.82, 2.24) is 10.2 Å². The minimum atomic E-state index is -0.505. The second-order valence-corrected chi connectivity index (χ2v) is 6.25. The Labute approximate surface area is 137 Å². The van der Waals surface area contributed by atoms with Crippen LogP contribution in [0.3, 0.4) is 0 Å². The van der Waals surface area contributed by atoms with Gasteiger partial charge >= 0.3 is 0 Å². The van der Waals surface area contributed by atoms with Crippen LogP contribution in [0.25, 0.3) is 0 Å². The Hall–Kier alpha value is -1.50. The molecule has 23 heavy (non-hydrogen) atoms. The Morgan fingerprint density at radius 1 is 1.35 bits per heavy atom. The van der Waals surface area contributed by atoms with Crippen molar-refractivity contribution in [2.24, 2.45) is 11.7 Å². The van der Waals surface area contributed by atoms with E-state index in [2.05, 4.69) is 5.32 Å². The normalized spacial score (nSPS) is 18.7. The van der Waals surface area contributed by atoms with E-state index in [0.717, 1.165) is 18.4 Å². The molecule has 2 atom stereocenters. The number of nitrogens with two attached hydrogens (primary N) is 1. The molecular formula is C17H26FN3O2. The fourth-order valence-corrected chi connectivity index (χ4v) is 2.89. The summed E-state index contributed by atoms with van der Waals surface area (Å²) in [6, 6.07) is 5.81. The molecule has 1 saturated heterocycles. The third kappa shape index (κ3) is 4.99. The maximum Gasteiger partial charge on any atom is 0.237 e. The first-order valence-corrected chi connectivity index (χ1v) is 8.02. The Kier molecular flexibility index (Phi) is 6.50. The molecule has 128 valence electrons. The van der Waals surface area contributed by atoms with Crippen molar-refractivity contribution < 1.29 is 13.9 Å². The second kappa shape index (κ2) is 8.38. The van der Waals surface area contributed by atoms with E-state index in [9.17, 15) is 9.18 Å². The van der Waals surface area contributed by atoms with E-state index in [-0.39, 0.29) is 23.7 Å². The number of carbonyl (C=O) groups is 1. The van der Waals surface area contributed by atoms with Crippen molar-refractivity contribution in [2.45, 2.75) is 24.9 Å². The number of amides is 1. The summed E-state index contributed by atoms with van der Waals surface area (Å²) in [5.41, 5.74) is 7.04. The molecule has 0 bridgehead atoms. The zero-order chi connectivity index (χ0) is 16.8. The quantitative estimate of drug-likeness (QED) is 0.828. The predicted octanol–water partition coefficient (Wildman–Crippen LogP) is 1.30. The van der Waals surface area contributed by atoms with Gasteiger partial charge in [-0.05, 0) is 50.6 Å². The first-order valence-electron chi connectivity index (χ1n) is 8.02. The van der Waals surface area contributed by atoms with Crippen LogP contribution < -0.4 is 11.1 Å². The molecule has 5 nitrogen and oxygen atoms in total. The molecule has 1 aromatic carbocycles. The van der Waals surface area contributed by atoms with Crippen molar-refractivity contribution in [3.63, 3.8) is 0 Å². The Morgan fingerprint density at radius 2 is 1.96 bits per heavy atom. The Balaban J connectivity index is 1.92. The van der Waals surface area contributed by atoms with Crippen LogP contribution >= 0.6 is 0 Å². The van der Waals surface area contributed by atoms with Crippen LogP contribution in [0.4, 0.5) is 4.39 Å². The van der Waals surface area contributed by atoms with E-state index >= 15 is 0 Å². The summed E-state index contributed by atoms with van der Waals surface area (Å²) in [6.45, 7) is 1.78. The molecule has 0 radical (unpaired) electrons. The average Bonchev–Trinajstić information content (AvgIpc) is 2.56. The fourth-order valence-electron chi connectivity index (χ4n) is 2.89. The number of likely N-dealkylation sites (N-methyl/N-ethyl adjacent to an activating group) is 1. The molecule has 6 heteroatoms. The molecule has 1 aromatic rings. The third-order valence-electron chi connectivity index (χ3n) is 4.42. The highest BCUT2D eigenvalue weighted by Gasteiger charge is 2.27. The topological polar surface area (TPSA) is 67.6 Å². The van der Waals surface area contributed by atoms with Crippen LogP contribution in [0, 0.1) is 11.7 Å². The first kappa shape index (κ1) is 17.8. The van der Waals surface area contributed by atoms with Crippen molar-refractivity contribution in [1.29, 1.82) is 0 Å². The van der Waals surface area contributed by atoms with Crippen LogP contribution in [-0.4, -0.2) is 50.7 Å². The van der Waals surface area contributed by atoms with Gasteiger partial charge in [-0.2, -0.15) is 0 Å². The van der Waals surface area contributed by atoms with Gasteiger partial charge in [0.25, 0.3) is 0 Å². The van der Waals surface area contributed by atoms with Crippen molar-refractivity contribution in [3.8, 4) is 0 Å². The molecule has 1 aliphatic heterocycles. The van der Waals surface area contributed by atoms with Gasteiger partial charge in [0.15, 0.2) is 0 Å². The highest BCUT2D eigenvalue weighted by Crippen LogP contribution is 2.19. The number of hydrogen-bond acceptors (Lipinski definition) is 4. The number of nitrogens with zero attached hydrogens (tertiary/aromatic N) is 1. The lowest BCUT2D eigenvalue weighted by Crippen LogP contribution is -2.48. The molecule has 1 fully saturated rings. The van der Waals surface area contributed by atoms with Crippen LogP contribution in [0.2, 0.25) is 0 Å². The molecule has 3 N–H and O–H groups in total. The lowest BCUT2D eigenvalue weighted by Gasteiger charge is -2.29. The molecular weight excluding hydrogens is 297 g/mol. The summed E-state index contributed by atoms with van der Waals surface area (Å²) in [4.78, 5) is 14.3. The smallest absolute Gasteiger partial charge is 0.237 e. The molecule has 2 unspecified atom stereocenters. The molecule has 1 aliphatic rings. The number of benzene rings is 1. The van der Waals surface area contributed by atoms with Gasteiger partial charge in [0, 0.05) is 19.8 Å². The van der Waals surface area contributed by atoms with Crippen molar-refractivity contribution in [3.05, 3.63) is 35.6 Å². The highest BCUT2D eigenvalue weighted by molar-refractivity contribution is 5.81. The van der Waals surface area contributed by atoms with Gasteiger partial charge in [-0.1, -0.05) is 12.1 Å². The van der Waals surface area contributed by atoms with Gasteiger partial charge < -0.3 is 20.7 Å². The SMILES string of the molecule is CN(C)C(CNC(=O)C(N)C1CCOCC1)c1ccc(F)cc1. The van der Waals surface area contributed by atoms with E-state index in [0.29, 0.717) is 19.8 Å². The fraction of sp³-hybridized carbons (Fsp3) is 0.588. The predicted molar refractivity (Wildman–Crippen MR) is 87.4 cm³/mol. The summed E-state index contributed by atoms with van der Waals surface area (Å²) in [5.74, 6) is -0.227. The molecule has 0 aromatic heterocycles. The third-order valence-corrected chi connectivity index (χ3v) is 4.42. The largest absolute Gasteiger partial charge is 0.381 e. The number of nitrogens with one attached hydrogen (secondary N) is 1. The highest BCUT2D eigenvalue weighted by atomic mass is 19.1. The number of hydrogen-bond donors (Lipinski definition) is 2. The molecule has 1 amide bonds. The molecule has 2 rings (SSSR count). The van der Waals surface area contributed by atoms with Crippen LogP contribution in [0.15, 0.2) is 24.3 Å². The van der Waals surface area contributed by atoms with Crippen molar-refractivity contribution >= 4 is 5.91 Å². The second-order valence-electron chi connectivity index (χ2n) is 6.25. The zero-order valence-electron chi connectivity index (χ0n) is 13.8. The molecule has 0 spiro atoms. The van der Waals surface area contributed by atoms with Crippen molar-refractivity contribution in [2.75, 3.05) is 33.9 Å². The monoisotopic (exact) mass is 323 g/mol. The summed E-state index contributed by atoms with van der Waals surface area (Å²) in [7, 11) is 3.86. The number of halogens is 1. The Morgan fingerprint density at radius 3 is 2.52 bits per heavy atom. The van der Waals surface area contributed by atoms with Gasteiger partial charge in [0.05, 0.1) is 12.1 Å². The maximum atomic E-state index is 13.1. The standard InChI is InChI=1S/C17H26FN3O2/c1-21(2)15(12-3-5-14(18)6-4-12)11-20-17(22)16(19)13-7-9-23-10-8-13/h3-6,13,15-16H,7-11,19H2,1-2H3,(H,20,22). The lowest BCUT2D eigenvalue weighted by atomic mass is 9.92. The van der Waals surface area contributed by atoms with Gasteiger partial charge in [-0.3, -0.25) is 4.79 Å². The van der Waals surface area contributed by atoms with Crippen LogP contribution in [0.5, 0.6) is 0 Å².